The molecule has 2 aromatic heterocycles. The van der Waals surface area contributed by atoms with E-state index < -0.39 is 10.0 Å². The number of benzene rings is 2. The summed E-state index contributed by atoms with van der Waals surface area (Å²) < 4.78 is 41.3. The van der Waals surface area contributed by atoms with E-state index in [-0.39, 0.29) is 17.7 Å². The Morgan fingerprint density at radius 3 is 2.82 bits per heavy atom. The number of imidazole rings is 1. The molecule has 0 amide bonds. The molecule has 0 radical (unpaired) electrons. The molecule has 5 rings (SSSR count). The van der Waals surface area contributed by atoms with Crippen LogP contribution in [0.15, 0.2) is 66.0 Å². The highest BCUT2D eigenvalue weighted by molar-refractivity contribution is 7.89. The Bertz CT molecular complexity index is 1390. The number of nitrogens with one attached hydrogen (secondary N) is 1. The van der Waals surface area contributed by atoms with Crippen LogP contribution in [-0.4, -0.2) is 23.0 Å². The van der Waals surface area contributed by atoms with Gasteiger partial charge in [0.1, 0.15) is 23.4 Å². The maximum atomic E-state index is 12.5. The number of thiazole rings is 1. The molecule has 1 aliphatic heterocycles. The molecule has 176 valence electrons. The van der Waals surface area contributed by atoms with Crippen LogP contribution in [0.1, 0.15) is 34.4 Å². The van der Waals surface area contributed by atoms with E-state index >= 15 is 0 Å². The van der Waals surface area contributed by atoms with Crippen LogP contribution in [0.4, 0.5) is 0 Å². The first-order chi connectivity index (χ1) is 16.4. The highest BCUT2D eigenvalue weighted by Crippen LogP contribution is 2.38. The highest BCUT2D eigenvalue weighted by atomic mass is 32.2. The summed E-state index contributed by atoms with van der Waals surface area (Å²) in [5, 5.41) is 0.445. The standard InChI is InChI=1S/C24H24N4O4S2/c1-16-27-23(15-28(16)2)34(29,30)26-14-20-13-25-24(33-20)31-19-9-11-22-18(12-19)8-10-21(32-22)17-6-4-3-5-7-17/h3-7,9,11-13,15,21,26H,8,10,14H2,1-2H3. The van der Waals surface area contributed by atoms with Crippen molar-refractivity contribution in [2.24, 2.45) is 7.05 Å². The Labute approximate surface area is 202 Å². The number of rotatable bonds is 7. The molecule has 4 aromatic rings. The summed E-state index contributed by atoms with van der Waals surface area (Å²) in [6.07, 6.45) is 4.95. The van der Waals surface area contributed by atoms with Gasteiger partial charge in [0.25, 0.3) is 15.2 Å². The van der Waals surface area contributed by atoms with Crippen molar-refractivity contribution in [1.82, 2.24) is 19.3 Å². The molecule has 0 spiro atoms. The molecular weight excluding hydrogens is 472 g/mol. The van der Waals surface area contributed by atoms with Crippen LogP contribution < -0.4 is 14.2 Å². The predicted octanol–water partition coefficient (Wildman–Crippen LogP) is 4.52. The van der Waals surface area contributed by atoms with E-state index in [0.29, 0.717) is 16.8 Å². The Hall–Kier alpha value is -3.21. The van der Waals surface area contributed by atoms with E-state index in [1.54, 1.807) is 24.7 Å². The number of aryl methyl sites for hydroxylation is 3. The maximum absolute atomic E-state index is 12.5. The fourth-order valence-electron chi connectivity index (χ4n) is 3.75. The number of nitrogens with zero attached hydrogens (tertiary/aromatic N) is 3. The first-order valence-electron chi connectivity index (χ1n) is 10.8. The van der Waals surface area contributed by atoms with Crippen molar-refractivity contribution in [1.29, 1.82) is 0 Å². The van der Waals surface area contributed by atoms with Crippen LogP contribution in [0.25, 0.3) is 0 Å². The van der Waals surface area contributed by atoms with E-state index in [0.717, 1.165) is 29.0 Å². The predicted molar refractivity (Wildman–Crippen MR) is 129 cm³/mol. The van der Waals surface area contributed by atoms with Gasteiger partial charge < -0.3 is 14.0 Å². The summed E-state index contributed by atoms with van der Waals surface area (Å²) in [5.74, 6) is 2.16. The fourth-order valence-corrected chi connectivity index (χ4v) is 5.60. The van der Waals surface area contributed by atoms with Crippen molar-refractivity contribution in [2.75, 3.05) is 0 Å². The molecule has 1 aliphatic rings. The van der Waals surface area contributed by atoms with Gasteiger partial charge in [-0.2, -0.15) is 0 Å². The summed E-state index contributed by atoms with van der Waals surface area (Å²) in [6.45, 7) is 1.86. The van der Waals surface area contributed by atoms with Crippen molar-refractivity contribution in [3.63, 3.8) is 0 Å². The van der Waals surface area contributed by atoms with Gasteiger partial charge in [-0.05, 0) is 49.1 Å². The fraction of sp³-hybridized carbons (Fsp3) is 0.250. The highest BCUT2D eigenvalue weighted by Gasteiger charge is 2.22. The second-order valence-electron chi connectivity index (χ2n) is 8.08. The summed E-state index contributed by atoms with van der Waals surface area (Å²) in [5.41, 5.74) is 2.28. The van der Waals surface area contributed by atoms with Crippen molar-refractivity contribution < 1.29 is 17.9 Å². The molecule has 0 bridgehead atoms. The molecule has 0 fully saturated rings. The van der Waals surface area contributed by atoms with E-state index in [4.69, 9.17) is 9.47 Å². The summed E-state index contributed by atoms with van der Waals surface area (Å²) in [7, 11) is -1.95. The zero-order valence-electron chi connectivity index (χ0n) is 18.8. The minimum absolute atomic E-state index is 0.000676. The van der Waals surface area contributed by atoms with Gasteiger partial charge in [-0.3, -0.25) is 0 Å². The SMILES string of the molecule is Cc1nc(S(=O)(=O)NCc2cnc(Oc3ccc4c(c3)CCC(c3ccccc3)O4)s2)cn1C. The normalized spacial score (nSPS) is 15.5. The molecule has 2 aromatic carbocycles. The number of hydrogen-bond donors (Lipinski definition) is 1. The minimum Gasteiger partial charge on any atom is -0.485 e. The van der Waals surface area contributed by atoms with Crippen LogP contribution in [0.5, 0.6) is 16.7 Å². The lowest BCUT2D eigenvalue weighted by molar-refractivity contribution is 0.176. The van der Waals surface area contributed by atoms with E-state index in [1.807, 2.05) is 36.4 Å². The maximum Gasteiger partial charge on any atom is 0.278 e. The number of aromatic nitrogens is 3. The topological polar surface area (TPSA) is 95.3 Å². The lowest BCUT2D eigenvalue weighted by atomic mass is 9.97. The van der Waals surface area contributed by atoms with Crippen LogP contribution in [0.3, 0.4) is 0 Å². The molecule has 1 atom stereocenters. The van der Waals surface area contributed by atoms with Gasteiger partial charge in [0, 0.05) is 30.9 Å². The molecule has 1 unspecified atom stereocenters. The molecule has 34 heavy (non-hydrogen) atoms. The molecule has 8 nitrogen and oxygen atoms in total. The minimum atomic E-state index is -3.70. The Morgan fingerprint density at radius 2 is 2.06 bits per heavy atom. The molecule has 0 saturated carbocycles. The first-order valence-corrected chi connectivity index (χ1v) is 13.1. The first kappa shape index (κ1) is 22.6. The second-order valence-corrected chi connectivity index (χ2v) is 10.9. The van der Waals surface area contributed by atoms with E-state index in [2.05, 4.69) is 26.8 Å². The van der Waals surface area contributed by atoms with Gasteiger partial charge in [-0.15, -0.1) is 0 Å². The van der Waals surface area contributed by atoms with Crippen LogP contribution in [-0.2, 0) is 30.0 Å². The molecular formula is C24H24N4O4S2. The number of fused-ring (bicyclic) bond motifs is 1. The molecule has 1 N–H and O–H groups in total. The van der Waals surface area contributed by atoms with Gasteiger partial charge in [0.2, 0.25) is 0 Å². The number of sulfonamides is 1. The molecule has 10 heteroatoms. The Morgan fingerprint density at radius 1 is 1.24 bits per heavy atom. The van der Waals surface area contributed by atoms with Crippen molar-refractivity contribution in [3.8, 4) is 16.7 Å². The number of hydrogen-bond acceptors (Lipinski definition) is 7. The quantitative estimate of drug-likeness (QED) is 0.404. The van der Waals surface area contributed by atoms with Crippen molar-refractivity contribution in [3.05, 3.63) is 82.8 Å². The molecule has 3 heterocycles. The molecule has 0 aliphatic carbocycles. The van der Waals surface area contributed by atoms with Crippen LogP contribution in [0, 0.1) is 6.92 Å². The third-order valence-electron chi connectivity index (χ3n) is 5.68. The zero-order valence-corrected chi connectivity index (χ0v) is 20.4. The van der Waals surface area contributed by atoms with Gasteiger partial charge in [-0.25, -0.2) is 23.1 Å². The average molecular weight is 497 g/mol. The monoisotopic (exact) mass is 496 g/mol. The third-order valence-corrected chi connectivity index (χ3v) is 7.83. The lowest BCUT2D eigenvalue weighted by Crippen LogP contribution is -2.23. The number of ether oxygens (including phenoxy) is 2. The summed E-state index contributed by atoms with van der Waals surface area (Å²) in [6, 6.07) is 16.0. The zero-order chi connectivity index (χ0) is 23.7. The largest absolute Gasteiger partial charge is 0.485 e. The van der Waals surface area contributed by atoms with E-state index in [9.17, 15) is 8.42 Å². The Kier molecular flexibility index (Phi) is 6.11. The molecule has 0 saturated heterocycles. The van der Waals surface area contributed by atoms with Crippen LogP contribution in [0.2, 0.25) is 0 Å². The van der Waals surface area contributed by atoms with Gasteiger partial charge >= 0.3 is 0 Å². The Balaban J connectivity index is 1.21. The van der Waals surface area contributed by atoms with Gasteiger partial charge in [-0.1, -0.05) is 41.7 Å². The average Bonchev–Trinajstić information content (AvgIpc) is 3.44. The summed E-state index contributed by atoms with van der Waals surface area (Å²) in [4.78, 5) is 9.09. The van der Waals surface area contributed by atoms with Crippen LogP contribution >= 0.6 is 11.3 Å². The summed E-state index contributed by atoms with van der Waals surface area (Å²) >= 11 is 1.29. The second kappa shape index (κ2) is 9.21. The van der Waals surface area contributed by atoms with Crippen molar-refractivity contribution in [2.45, 2.75) is 37.4 Å². The third kappa shape index (κ3) is 4.84. The lowest BCUT2D eigenvalue weighted by Gasteiger charge is -2.26. The van der Waals surface area contributed by atoms with Gasteiger partial charge in [0.15, 0.2) is 5.03 Å². The van der Waals surface area contributed by atoms with E-state index in [1.165, 1.54) is 23.1 Å². The van der Waals surface area contributed by atoms with Gasteiger partial charge in [0.05, 0.1) is 0 Å². The van der Waals surface area contributed by atoms with Crippen molar-refractivity contribution >= 4 is 21.4 Å². The smallest absolute Gasteiger partial charge is 0.278 e.